The summed E-state index contributed by atoms with van der Waals surface area (Å²) in [6, 6.07) is 7.87. The van der Waals surface area contributed by atoms with E-state index in [2.05, 4.69) is 4.90 Å². The van der Waals surface area contributed by atoms with Crippen LogP contribution in [0.2, 0.25) is 0 Å². The number of unbranched alkanes of at least 4 members (excludes halogenated alkanes) is 1. The molecule has 8 heteroatoms. The van der Waals surface area contributed by atoms with Gasteiger partial charge in [-0.25, -0.2) is 4.79 Å². The summed E-state index contributed by atoms with van der Waals surface area (Å²) in [5, 5.41) is 0. The molecule has 1 aliphatic rings. The van der Waals surface area contributed by atoms with Gasteiger partial charge < -0.3 is 14.2 Å². The number of aryl methyl sites for hydroxylation is 2. The molecule has 0 saturated carbocycles. The minimum absolute atomic E-state index is 0.246. The van der Waals surface area contributed by atoms with Crippen LogP contribution in [0.4, 0.5) is 11.6 Å². The summed E-state index contributed by atoms with van der Waals surface area (Å²) in [5.41, 5.74) is 1.39. The van der Waals surface area contributed by atoms with Gasteiger partial charge in [0.05, 0.1) is 6.61 Å². The quantitative estimate of drug-likeness (QED) is 0.639. The maximum absolute atomic E-state index is 13.2. The number of anilines is 2. The number of ether oxygens (including phenoxy) is 1. The molecule has 29 heavy (non-hydrogen) atoms. The zero-order valence-corrected chi connectivity index (χ0v) is 17.2. The van der Waals surface area contributed by atoms with E-state index in [1.165, 1.54) is 9.13 Å². The molecular formula is C21H27N5O3. The Morgan fingerprint density at radius 1 is 1.10 bits per heavy atom. The van der Waals surface area contributed by atoms with Crippen molar-refractivity contribution >= 4 is 22.8 Å². The molecule has 154 valence electrons. The molecule has 4 rings (SSSR count). The number of rotatable bonds is 6. The standard InChI is InChI=1S/C21H27N5O3/c1-4-6-12-26-19(27)17-18(23(3)21(26)28)22-20-24(13-7-14-25(17)20)15-8-10-16(11-9-15)29-5-2/h8-11H,4-7,12-14H2,1-3H3. The third-order valence-electron chi connectivity index (χ3n) is 5.41. The van der Waals surface area contributed by atoms with E-state index in [0.29, 0.717) is 36.8 Å². The molecule has 0 spiro atoms. The van der Waals surface area contributed by atoms with E-state index in [4.69, 9.17) is 9.72 Å². The first-order valence-electron chi connectivity index (χ1n) is 10.3. The zero-order chi connectivity index (χ0) is 20.5. The van der Waals surface area contributed by atoms with Gasteiger partial charge in [0.2, 0.25) is 5.95 Å². The number of imidazole rings is 1. The van der Waals surface area contributed by atoms with Crippen LogP contribution in [0.15, 0.2) is 33.9 Å². The van der Waals surface area contributed by atoms with Gasteiger partial charge in [0.25, 0.3) is 5.56 Å². The van der Waals surface area contributed by atoms with Crippen LogP contribution in [0.1, 0.15) is 33.1 Å². The van der Waals surface area contributed by atoms with Crippen LogP contribution in [-0.4, -0.2) is 31.8 Å². The van der Waals surface area contributed by atoms with Gasteiger partial charge in [-0.05, 0) is 44.0 Å². The largest absolute Gasteiger partial charge is 0.494 e. The molecule has 1 aromatic carbocycles. The number of aromatic nitrogens is 4. The lowest BCUT2D eigenvalue weighted by Gasteiger charge is -2.29. The molecule has 0 saturated heterocycles. The number of fused-ring (bicyclic) bond motifs is 3. The highest BCUT2D eigenvalue weighted by Crippen LogP contribution is 2.31. The lowest BCUT2D eigenvalue weighted by atomic mass is 10.2. The normalized spacial score (nSPS) is 13.7. The van der Waals surface area contributed by atoms with Gasteiger partial charge in [-0.1, -0.05) is 13.3 Å². The van der Waals surface area contributed by atoms with Crippen molar-refractivity contribution in [2.24, 2.45) is 7.05 Å². The second kappa shape index (κ2) is 7.77. The van der Waals surface area contributed by atoms with Gasteiger partial charge in [0.15, 0.2) is 11.2 Å². The van der Waals surface area contributed by atoms with Crippen molar-refractivity contribution in [3.05, 3.63) is 45.1 Å². The van der Waals surface area contributed by atoms with E-state index >= 15 is 0 Å². The summed E-state index contributed by atoms with van der Waals surface area (Å²) in [6.07, 6.45) is 2.60. The molecular weight excluding hydrogens is 370 g/mol. The molecule has 3 aromatic rings. The SMILES string of the molecule is CCCCn1c(=O)c2c(nc3n2CCCN3c2ccc(OCC)cc2)n(C)c1=O. The fourth-order valence-corrected chi connectivity index (χ4v) is 3.91. The maximum Gasteiger partial charge on any atom is 0.332 e. The van der Waals surface area contributed by atoms with Crippen LogP contribution >= 0.6 is 0 Å². The summed E-state index contributed by atoms with van der Waals surface area (Å²) in [4.78, 5) is 32.7. The molecule has 0 fully saturated rings. The third kappa shape index (κ3) is 3.22. The number of benzene rings is 1. The fraction of sp³-hybridized carbons (Fsp3) is 0.476. The number of hydrogen-bond acceptors (Lipinski definition) is 5. The Labute approximate surface area is 169 Å². The van der Waals surface area contributed by atoms with E-state index in [0.717, 1.165) is 37.2 Å². The predicted octanol–water partition coefficient (Wildman–Crippen LogP) is 2.64. The van der Waals surface area contributed by atoms with Crippen molar-refractivity contribution in [1.29, 1.82) is 0 Å². The van der Waals surface area contributed by atoms with Crippen LogP contribution in [-0.2, 0) is 20.1 Å². The first-order valence-corrected chi connectivity index (χ1v) is 10.3. The van der Waals surface area contributed by atoms with Gasteiger partial charge in [0, 0.05) is 32.4 Å². The molecule has 2 aromatic heterocycles. The van der Waals surface area contributed by atoms with E-state index < -0.39 is 0 Å². The average Bonchev–Trinajstić information content (AvgIpc) is 3.13. The molecule has 0 unspecified atom stereocenters. The van der Waals surface area contributed by atoms with Crippen molar-refractivity contribution in [1.82, 2.24) is 18.7 Å². The van der Waals surface area contributed by atoms with Crippen LogP contribution in [0.25, 0.3) is 11.2 Å². The monoisotopic (exact) mass is 397 g/mol. The highest BCUT2D eigenvalue weighted by molar-refractivity contribution is 5.77. The van der Waals surface area contributed by atoms with Crippen LogP contribution in [0.3, 0.4) is 0 Å². The Bertz CT molecular complexity index is 1140. The highest BCUT2D eigenvalue weighted by atomic mass is 16.5. The topological polar surface area (TPSA) is 74.3 Å². The lowest BCUT2D eigenvalue weighted by Crippen LogP contribution is -2.40. The van der Waals surface area contributed by atoms with E-state index in [-0.39, 0.29) is 11.2 Å². The molecule has 8 nitrogen and oxygen atoms in total. The smallest absolute Gasteiger partial charge is 0.332 e. The molecule has 1 aliphatic heterocycles. The van der Waals surface area contributed by atoms with Gasteiger partial charge in [0.1, 0.15) is 5.75 Å². The minimum Gasteiger partial charge on any atom is -0.494 e. The summed E-state index contributed by atoms with van der Waals surface area (Å²) in [5.74, 6) is 1.53. The highest BCUT2D eigenvalue weighted by Gasteiger charge is 2.26. The van der Waals surface area contributed by atoms with Gasteiger partial charge in [-0.2, -0.15) is 4.98 Å². The Hall–Kier alpha value is -3.03. The molecule has 0 N–H and O–H groups in total. The summed E-state index contributed by atoms with van der Waals surface area (Å²) in [6.45, 7) is 6.57. The lowest BCUT2D eigenvalue weighted by molar-refractivity contribution is 0.340. The first-order chi connectivity index (χ1) is 14.1. The average molecular weight is 397 g/mol. The second-order valence-electron chi connectivity index (χ2n) is 7.32. The third-order valence-corrected chi connectivity index (χ3v) is 5.41. The molecule has 0 amide bonds. The Morgan fingerprint density at radius 2 is 1.86 bits per heavy atom. The summed E-state index contributed by atoms with van der Waals surface area (Å²) in [7, 11) is 1.69. The van der Waals surface area contributed by atoms with Crippen LogP contribution in [0.5, 0.6) is 5.75 Å². The Balaban J connectivity index is 1.85. The number of nitrogens with zero attached hydrogens (tertiary/aromatic N) is 5. The van der Waals surface area contributed by atoms with Crippen molar-refractivity contribution in [2.75, 3.05) is 18.1 Å². The molecule has 3 heterocycles. The maximum atomic E-state index is 13.2. The number of hydrogen-bond donors (Lipinski definition) is 0. The zero-order valence-electron chi connectivity index (χ0n) is 17.2. The molecule has 0 radical (unpaired) electrons. The van der Waals surface area contributed by atoms with E-state index in [1.807, 2.05) is 42.7 Å². The molecule has 0 atom stereocenters. The van der Waals surface area contributed by atoms with Crippen molar-refractivity contribution in [3.63, 3.8) is 0 Å². The Morgan fingerprint density at radius 3 is 2.55 bits per heavy atom. The fourth-order valence-electron chi connectivity index (χ4n) is 3.91. The minimum atomic E-state index is -0.306. The van der Waals surface area contributed by atoms with Crippen LogP contribution in [0, 0.1) is 0 Å². The van der Waals surface area contributed by atoms with E-state index in [9.17, 15) is 9.59 Å². The van der Waals surface area contributed by atoms with Crippen LogP contribution < -0.4 is 20.9 Å². The van der Waals surface area contributed by atoms with Crippen molar-refractivity contribution < 1.29 is 4.74 Å². The Kier molecular flexibility index (Phi) is 5.17. The summed E-state index contributed by atoms with van der Waals surface area (Å²) < 4.78 is 10.3. The van der Waals surface area contributed by atoms with Crippen molar-refractivity contribution in [2.45, 2.75) is 46.2 Å². The molecule has 0 bridgehead atoms. The van der Waals surface area contributed by atoms with Gasteiger partial charge in [-0.3, -0.25) is 13.9 Å². The molecule has 0 aliphatic carbocycles. The second-order valence-corrected chi connectivity index (χ2v) is 7.32. The van der Waals surface area contributed by atoms with E-state index in [1.54, 1.807) is 7.05 Å². The van der Waals surface area contributed by atoms with Gasteiger partial charge in [-0.15, -0.1) is 0 Å². The summed E-state index contributed by atoms with van der Waals surface area (Å²) >= 11 is 0. The van der Waals surface area contributed by atoms with Crippen molar-refractivity contribution in [3.8, 4) is 5.75 Å². The predicted molar refractivity (Wildman–Crippen MR) is 113 cm³/mol. The first kappa shape index (κ1) is 19.3. The van der Waals surface area contributed by atoms with Gasteiger partial charge >= 0.3 is 5.69 Å².